The van der Waals surface area contributed by atoms with Gasteiger partial charge in [-0.1, -0.05) is 0 Å². The third-order valence-electron chi connectivity index (χ3n) is 3.23. The quantitative estimate of drug-likeness (QED) is 0.878. The lowest BCUT2D eigenvalue weighted by molar-refractivity contribution is -0.122. The van der Waals surface area contributed by atoms with Crippen LogP contribution in [0.1, 0.15) is 24.8 Å². The van der Waals surface area contributed by atoms with Gasteiger partial charge in [-0.3, -0.25) is 4.79 Å². The molecule has 2 atom stereocenters. The Morgan fingerprint density at radius 3 is 2.41 bits per heavy atom. The number of carbonyl (C=O) groups excluding carboxylic acids is 1. The molecule has 0 heterocycles. The largest absolute Gasteiger partial charge is 0.328 e. The van der Waals surface area contributed by atoms with Crippen molar-refractivity contribution in [3.8, 4) is 0 Å². The van der Waals surface area contributed by atoms with E-state index in [9.17, 15) is 13.6 Å². The highest BCUT2D eigenvalue weighted by Gasteiger charge is 2.27. The maximum Gasteiger partial charge on any atom is 0.140 e. The van der Waals surface area contributed by atoms with Crippen molar-refractivity contribution in [3.05, 3.63) is 35.4 Å². The van der Waals surface area contributed by atoms with Crippen LogP contribution in [0.25, 0.3) is 0 Å². The Labute approximate surface area is 98.8 Å². The second kappa shape index (κ2) is 4.92. The molecule has 1 aliphatic carbocycles. The van der Waals surface area contributed by atoms with Crippen molar-refractivity contribution >= 4 is 5.78 Å². The number of nitrogens with two attached hydrogens (primary N) is 1. The summed E-state index contributed by atoms with van der Waals surface area (Å²) in [6.45, 7) is 0. The minimum Gasteiger partial charge on any atom is -0.328 e. The first-order chi connectivity index (χ1) is 8.04. The number of benzene rings is 1. The summed E-state index contributed by atoms with van der Waals surface area (Å²) in [6, 6.07) is 3.30. The summed E-state index contributed by atoms with van der Waals surface area (Å²) in [5, 5.41) is 0. The van der Waals surface area contributed by atoms with Gasteiger partial charge >= 0.3 is 0 Å². The van der Waals surface area contributed by atoms with Gasteiger partial charge in [-0.05, 0) is 37.0 Å². The molecule has 1 aliphatic rings. The monoisotopic (exact) mass is 239 g/mol. The predicted octanol–water partition coefficient (Wildman–Crippen LogP) is 2.20. The lowest BCUT2D eigenvalue weighted by Gasteiger charge is -2.08. The molecule has 92 valence electrons. The van der Waals surface area contributed by atoms with Gasteiger partial charge in [0.15, 0.2) is 0 Å². The smallest absolute Gasteiger partial charge is 0.140 e. The number of Topliss-reactive ketones (excluding diaryl/α,β-unsaturated/α-hetero) is 1. The molecule has 17 heavy (non-hydrogen) atoms. The first-order valence-corrected chi connectivity index (χ1v) is 5.78. The first kappa shape index (κ1) is 12.2. The molecule has 0 bridgehead atoms. The zero-order chi connectivity index (χ0) is 12.4. The highest BCUT2D eigenvalue weighted by molar-refractivity contribution is 5.83. The van der Waals surface area contributed by atoms with Gasteiger partial charge in [-0.25, -0.2) is 8.78 Å². The lowest BCUT2D eigenvalue weighted by atomic mass is 9.96. The summed E-state index contributed by atoms with van der Waals surface area (Å²) in [5.74, 6) is -1.30. The highest BCUT2D eigenvalue weighted by Crippen LogP contribution is 2.26. The van der Waals surface area contributed by atoms with E-state index >= 15 is 0 Å². The summed E-state index contributed by atoms with van der Waals surface area (Å²) < 4.78 is 25.9. The number of rotatable bonds is 3. The Hall–Kier alpha value is -1.29. The van der Waals surface area contributed by atoms with Gasteiger partial charge in [0.2, 0.25) is 0 Å². The van der Waals surface area contributed by atoms with Crippen molar-refractivity contribution in [3.63, 3.8) is 0 Å². The van der Waals surface area contributed by atoms with E-state index in [0.717, 1.165) is 18.9 Å². The van der Waals surface area contributed by atoms with Gasteiger partial charge in [-0.2, -0.15) is 0 Å². The molecule has 0 saturated heterocycles. The fourth-order valence-corrected chi connectivity index (χ4v) is 2.37. The number of carbonyl (C=O) groups is 1. The van der Waals surface area contributed by atoms with E-state index in [1.165, 1.54) is 12.1 Å². The van der Waals surface area contributed by atoms with Crippen LogP contribution in [0.2, 0.25) is 0 Å². The average molecular weight is 239 g/mol. The minimum atomic E-state index is -0.643. The van der Waals surface area contributed by atoms with Gasteiger partial charge in [0.1, 0.15) is 17.4 Å². The predicted molar refractivity (Wildman–Crippen MR) is 60.4 cm³/mol. The molecular formula is C13H15F2NO. The molecule has 2 nitrogen and oxygen atoms in total. The molecule has 1 aromatic rings. The summed E-state index contributed by atoms with van der Waals surface area (Å²) in [6.07, 6.45) is 2.43. The van der Waals surface area contributed by atoms with Crippen LogP contribution in [0, 0.1) is 17.6 Å². The Morgan fingerprint density at radius 2 is 1.88 bits per heavy atom. The van der Waals surface area contributed by atoms with E-state index in [-0.39, 0.29) is 24.2 Å². The second-order valence-corrected chi connectivity index (χ2v) is 4.69. The van der Waals surface area contributed by atoms with Gasteiger partial charge in [-0.15, -0.1) is 0 Å². The van der Waals surface area contributed by atoms with Crippen molar-refractivity contribution in [2.75, 3.05) is 0 Å². The topological polar surface area (TPSA) is 43.1 Å². The molecule has 0 spiro atoms. The van der Waals surface area contributed by atoms with Crippen molar-refractivity contribution in [2.24, 2.45) is 11.7 Å². The van der Waals surface area contributed by atoms with Crippen LogP contribution in [0.15, 0.2) is 18.2 Å². The molecule has 0 amide bonds. The lowest BCUT2D eigenvalue weighted by Crippen LogP contribution is -2.19. The molecule has 0 aromatic heterocycles. The van der Waals surface area contributed by atoms with Gasteiger partial charge < -0.3 is 5.73 Å². The SMILES string of the molecule is NC1CCC(C(=O)Cc2cc(F)cc(F)c2)C1. The molecule has 0 aliphatic heterocycles. The van der Waals surface area contributed by atoms with E-state index < -0.39 is 11.6 Å². The van der Waals surface area contributed by atoms with Crippen molar-refractivity contribution in [1.82, 2.24) is 0 Å². The molecule has 2 rings (SSSR count). The Balaban J connectivity index is 2.03. The summed E-state index contributed by atoms with van der Waals surface area (Å²) >= 11 is 0. The molecule has 0 radical (unpaired) electrons. The average Bonchev–Trinajstić information content (AvgIpc) is 2.63. The normalized spacial score (nSPS) is 23.9. The van der Waals surface area contributed by atoms with Gasteiger partial charge in [0.25, 0.3) is 0 Å². The van der Waals surface area contributed by atoms with E-state index in [1.807, 2.05) is 0 Å². The standard InChI is InChI=1S/C13H15F2NO/c14-10-3-8(4-11(15)7-10)5-13(17)9-1-2-12(16)6-9/h3-4,7,9,12H,1-2,5-6,16H2. The van der Waals surface area contributed by atoms with Crippen LogP contribution >= 0.6 is 0 Å². The maximum absolute atomic E-state index is 12.9. The van der Waals surface area contributed by atoms with Gasteiger partial charge in [0.05, 0.1) is 0 Å². The van der Waals surface area contributed by atoms with E-state index in [1.54, 1.807) is 0 Å². The van der Waals surface area contributed by atoms with Crippen LogP contribution in [0.4, 0.5) is 8.78 Å². The molecule has 1 aromatic carbocycles. The molecule has 2 unspecified atom stereocenters. The Kier molecular flexibility index (Phi) is 3.52. The molecular weight excluding hydrogens is 224 g/mol. The fraction of sp³-hybridized carbons (Fsp3) is 0.462. The Morgan fingerprint density at radius 1 is 1.24 bits per heavy atom. The fourth-order valence-electron chi connectivity index (χ4n) is 2.37. The zero-order valence-corrected chi connectivity index (χ0v) is 9.46. The van der Waals surface area contributed by atoms with E-state index in [4.69, 9.17) is 5.73 Å². The number of hydrogen-bond donors (Lipinski definition) is 1. The summed E-state index contributed by atoms with van der Waals surface area (Å²) in [4.78, 5) is 11.9. The summed E-state index contributed by atoms with van der Waals surface area (Å²) in [7, 11) is 0. The third kappa shape index (κ3) is 3.09. The highest BCUT2D eigenvalue weighted by atomic mass is 19.1. The Bertz CT molecular complexity index is 413. The first-order valence-electron chi connectivity index (χ1n) is 5.78. The van der Waals surface area contributed by atoms with Crippen molar-refractivity contribution in [1.29, 1.82) is 0 Å². The van der Waals surface area contributed by atoms with Crippen LogP contribution in [0.5, 0.6) is 0 Å². The second-order valence-electron chi connectivity index (χ2n) is 4.69. The molecule has 2 N–H and O–H groups in total. The number of halogens is 2. The zero-order valence-electron chi connectivity index (χ0n) is 9.46. The summed E-state index contributed by atoms with van der Waals surface area (Å²) in [5.41, 5.74) is 6.13. The van der Waals surface area contributed by atoms with Crippen LogP contribution in [0.3, 0.4) is 0 Å². The van der Waals surface area contributed by atoms with Gasteiger partial charge in [0, 0.05) is 24.4 Å². The van der Waals surface area contributed by atoms with Crippen molar-refractivity contribution in [2.45, 2.75) is 31.7 Å². The molecule has 1 fully saturated rings. The van der Waals surface area contributed by atoms with E-state index in [0.29, 0.717) is 12.0 Å². The van der Waals surface area contributed by atoms with E-state index in [2.05, 4.69) is 0 Å². The maximum atomic E-state index is 12.9. The van der Waals surface area contributed by atoms with Crippen molar-refractivity contribution < 1.29 is 13.6 Å². The third-order valence-corrected chi connectivity index (χ3v) is 3.23. The van der Waals surface area contributed by atoms with Crippen LogP contribution < -0.4 is 5.73 Å². The van der Waals surface area contributed by atoms with Crippen LogP contribution in [-0.2, 0) is 11.2 Å². The number of hydrogen-bond acceptors (Lipinski definition) is 2. The molecule has 1 saturated carbocycles. The minimum absolute atomic E-state index is 0.0305. The molecule has 4 heteroatoms. The van der Waals surface area contributed by atoms with Crippen LogP contribution in [-0.4, -0.2) is 11.8 Å². The number of ketones is 1.